The first-order valence-corrected chi connectivity index (χ1v) is 10.7. The molecular formula is C19H26ClN7O3. The Morgan fingerprint density at radius 1 is 1.27 bits per heavy atom. The Morgan fingerprint density at radius 2 is 2.13 bits per heavy atom. The first-order valence-electron chi connectivity index (χ1n) is 10.3. The zero-order valence-electron chi connectivity index (χ0n) is 17.1. The normalized spacial score (nSPS) is 25.2. The summed E-state index contributed by atoms with van der Waals surface area (Å²) in [6, 6.07) is 0.600. The van der Waals surface area contributed by atoms with Crippen LogP contribution in [-0.2, 0) is 9.47 Å². The standard InChI is InChI=1S/C19H26ClN7O3/c1-11-3-5-30-18-16(23-19-21-7-14(20)17(22-11)24-19)12(2)27(25-18)15-8-26(4-6-29-15)13-9-28-10-13/h7,11,13,15H,3-6,8-10H2,1-2H3,(H2,21,22,23,24)/t11-,15?/m1/s1. The number of hydrogen-bond acceptors (Lipinski definition) is 9. The largest absolute Gasteiger partial charge is 0.475 e. The highest BCUT2D eigenvalue weighted by molar-refractivity contribution is 6.32. The number of morpholine rings is 1. The number of halogens is 1. The van der Waals surface area contributed by atoms with E-state index in [1.807, 2.05) is 11.6 Å². The van der Waals surface area contributed by atoms with Crippen molar-refractivity contribution in [1.29, 1.82) is 0 Å². The molecule has 162 valence electrons. The average Bonchev–Trinajstić information content (AvgIpc) is 2.98. The average molecular weight is 436 g/mol. The van der Waals surface area contributed by atoms with Crippen molar-refractivity contribution in [3.05, 3.63) is 16.9 Å². The number of ether oxygens (including phenoxy) is 3. The van der Waals surface area contributed by atoms with Crippen molar-refractivity contribution in [3.8, 4) is 5.88 Å². The second-order valence-electron chi connectivity index (χ2n) is 7.92. The molecule has 2 bridgehead atoms. The van der Waals surface area contributed by atoms with Gasteiger partial charge < -0.3 is 24.8 Å². The van der Waals surface area contributed by atoms with Crippen LogP contribution in [0.25, 0.3) is 0 Å². The number of nitrogens with one attached hydrogen (secondary N) is 2. The second kappa shape index (κ2) is 8.18. The van der Waals surface area contributed by atoms with E-state index in [1.165, 1.54) is 0 Å². The van der Waals surface area contributed by atoms with Gasteiger partial charge in [-0.05, 0) is 13.8 Å². The number of hydrogen-bond donors (Lipinski definition) is 2. The smallest absolute Gasteiger partial charge is 0.257 e. The van der Waals surface area contributed by atoms with E-state index < -0.39 is 0 Å². The molecule has 2 saturated heterocycles. The number of rotatable bonds is 2. The summed E-state index contributed by atoms with van der Waals surface area (Å²) in [7, 11) is 0. The van der Waals surface area contributed by atoms with Gasteiger partial charge in [-0.25, -0.2) is 9.67 Å². The Morgan fingerprint density at radius 3 is 2.93 bits per heavy atom. The van der Waals surface area contributed by atoms with Gasteiger partial charge in [-0.2, -0.15) is 4.98 Å². The minimum Gasteiger partial charge on any atom is -0.475 e. The Labute approximate surface area is 179 Å². The van der Waals surface area contributed by atoms with Gasteiger partial charge in [-0.1, -0.05) is 11.6 Å². The summed E-state index contributed by atoms with van der Waals surface area (Å²) in [5.74, 6) is 1.56. The van der Waals surface area contributed by atoms with Crippen molar-refractivity contribution >= 4 is 29.1 Å². The van der Waals surface area contributed by atoms with Crippen LogP contribution in [0.2, 0.25) is 5.02 Å². The molecule has 0 aromatic carbocycles. The van der Waals surface area contributed by atoms with E-state index in [-0.39, 0.29) is 12.3 Å². The molecule has 0 aliphatic carbocycles. The van der Waals surface area contributed by atoms with Crippen LogP contribution in [0.4, 0.5) is 17.5 Å². The van der Waals surface area contributed by atoms with Gasteiger partial charge in [-0.15, -0.1) is 5.10 Å². The number of fused-ring (bicyclic) bond motifs is 3. The second-order valence-corrected chi connectivity index (χ2v) is 8.33. The molecule has 5 heterocycles. The van der Waals surface area contributed by atoms with Crippen molar-refractivity contribution in [2.75, 3.05) is 50.2 Å². The maximum Gasteiger partial charge on any atom is 0.257 e. The van der Waals surface area contributed by atoms with E-state index in [4.69, 9.17) is 30.9 Å². The van der Waals surface area contributed by atoms with Crippen LogP contribution < -0.4 is 15.4 Å². The summed E-state index contributed by atoms with van der Waals surface area (Å²) in [4.78, 5) is 11.3. The minimum atomic E-state index is -0.188. The maximum atomic E-state index is 6.26. The van der Waals surface area contributed by atoms with Gasteiger partial charge in [0, 0.05) is 25.6 Å². The molecule has 0 amide bonds. The highest BCUT2D eigenvalue weighted by Gasteiger charge is 2.33. The molecule has 3 aliphatic heterocycles. The van der Waals surface area contributed by atoms with Crippen molar-refractivity contribution in [2.45, 2.75) is 38.6 Å². The summed E-state index contributed by atoms with van der Waals surface area (Å²) in [6.45, 7) is 8.47. The fraction of sp³-hybridized carbons (Fsp3) is 0.632. The monoisotopic (exact) mass is 435 g/mol. The lowest BCUT2D eigenvalue weighted by Crippen LogP contribution is -2.54. The molecule has 2 fully saturated rings. The van der Waals surface area contributed by atoms with Gasteiger partial charge in [0.2, 0.25) is 5.95 Å². The number of anilines is 3. The van der Waals surface area contributed by atoms with Crippen molar-refractivity contribution in [1.82, 2.24) is 24.6 Å². The summed E-state index contributed by atoms with van der Waals surface area (Å²) < 4.78 is 19.4. The van der Waals surface area contributed by atoms with Gasteiger partial charge in [0.25, 0.3) is 5.88 Å². The lowest BCUT2D eigenvalue weighted by atomic mass is 10.2. The van der Waals surface area contributed by atoms with Crippen molar-refractivity contribution in [2.24, 2.45) is 0 Å². The van der Waals surface area contributed by atoms with Crippen LogP contribution in [0, 0.1) is 6.92 Å². The molecule has 3 aliphatic rings. The summed E-state index contributed by atoms with van der Waals surface area (Å²) >= 11 is 6.26. The third-order valence-corrected chi connectivity index (χ3v) is 6.04. The van der Waals surface area contributed by atoms with Crippen molar-refractivity contribution in [3.63, 3.8) is 0 Å². The van der Waals surface area contributed by atoms with Crippen LogP contribution >= 0.6 is 11.6 Å². The molecule has 5 rings (SSSR count). The predicted molar refractivity (Wildman–Crippen MR) is 112 cm³/mol. The zero-order chi connectivity index (χ0) is 20.7. The SMILES string of the molecule is Cc1c2c(nn1C1CN(C3COC3)CCO1)OCC[C@@H](C)Nc1nc(ncc1Cl)N2. The van der Waals surface area contributed by atoms with E-state index in [1.54, 1.807) is 6.20 Å². The molecule has 11 heteroatoms. The molecule has 2 N–H and O–H groups in total. The first-order chi connectivity index (χ1) is 14.6. The third kappa shape index (κ3) is 3.80. The van der Waals surface area contributed by atoms with Gasteiger partial charge in [0.15, 0.2) is 12.0 Å². The summed E-state index contributed by atoms with van der Waals surface area (Å²) in [5, 5.41) is 11.8. The van der Waals surface area contributed by atoms with Gasteiger partial charge in [0.05, 0.1) is 44.4 Å². The highest BCUT2D eigenvalue weighted by Crippen LogP contribution is 2.34. The first kappa shape index (κ1) is 19.8. The molecule has 1 unspecified atom stereocenters. The molecule has 2 atom stereocenters. The highest BCUT2D eigenvalue weighted by atomic mass is 35.5. The van der Waals surface area contributed by atoms with E-state index in [2.05, 4.69) is 32.4 Å². The molecular weight excluding hydrogens is 410 g/mol. The maximum absolute atomic E-state index is 6.26. The summed E-state index contributed by atoms with van der Waals surface area (Å²) in [6.07, 6.45) is 2.18. The molecule has 10 nitrogen and oxygen atoms in total. The molecule has 30 heavy (non-hydrogen) atoms. The van der Waals surface area contributed by atoms with Gasteiger partial charge >= 0.3 is 0 Å². The molecule has 0 radical (unpaired) electrons. The Hall–Kier alpha value is -2.14. The molecule has 2 aromatic heterocycles. The molecule has 2 aromatic rings. The lowest BCUT2D eigenvalue weighted by molar-refractivity contribution is -0.135. The molecule has 0 spiro atoms. The van der Waals surface area contributed by atoms with E-state index in [9.17, 15) is 0 Å². The van der Waals surface area contributed by atoms with E-state index in [0.29, 0.717) is 41.9 Å². The number of aromatic nitrogens is 4. The van der Waals surface area contributed by atoms with Crippen LogP contribution in [-0.4, -0.2) is 76.2 Å². The lowest BCUT2D eigenvalue weighted by Gasteiger charge is -2.41. The van der Waals surface area contributed by atoms with E-state index in [0.717, 1.165) is 44.1 Å². The zero-order valence-corrected chi connectivity index (χ0v) is 17.9. The topological polar surface area (TPSA) is 98.6 Å². The molecule has 0 saturated carbocycles. The Bertz CT molecular complexity index is 920. The van der Waals surface area contributed by atoms with Crippen LogP contribution in [0.15, 0.2) is 6.20 Å². The van der Waals surface area contributed by atoms with Gasteiger partial charge in [-0.3, -0.25) is 4.90 Å². The minimum absolute atomic E-state index is 0.134. The Kier molecular flexibility index (Phi) is 5.40. The fourth-order valence-electron chi connectivity index (χ4n) is 3.86. The van der Waals surface area contributed by atoms with Gasteiger partial charge in [0.1, 0.15) is 10.7 Å². The quantitative estimate of drug-likeness (QED) is 0.735. The Balaban J connectivity index is 1.45. The van der Waals surface area contributed by atoms with Crippen LogP contribution in [0.5, 0.6) is 5.88 Å². The van der Waals surface area contributed by atoms with Crippen LogP contribution in [0.3, 0.4) is 0 Å². The fourth-order valence-corrected chi connectivity index (χ4v) is 4.01. The van der Waals surface area contributed by atoms with E-state index >= 15 is 0 Å². The predicted octanol–water partition coefficient (Wildman–Crippen LogP) is 2.19. The van der Waals surface area contributed by atoms with Crippen molar-refractivity contribution < 1.29 is 14.2 Å². The number of nitrogens with zero attached hydrogens (tertiary/aromatic N) is 5. The van der Waals surface area contributed by atoms with Crippen LogP contribution in [0.1, 0.15) is 25.3 Å². The summed E-state index contributed by atoms with van der Waals surface area (Å²) in [5.41, 5.74) is 1.65. The third-order valence-electron chi connectivity index (χ3n) is 5.76.